The summed E-state index contributed by atoms with van der Waals surface area (Å²) < 4.78 is 5.38. The summed E-state index contributed by atoms with van der Waals surface area (Å²) in [6, 6.07) is 0.124. The highest BCUT2D eigenvalue weighted by atomic mass is 16.5. The smallest absolute Gasteiger partial charge is 0.228 e. The molecule has 4 nitrogen and oxygen atoms in total. The molecule has 0 bridgehead atoms. The minimum atomic E-state index is 0.124. The van der Waals surface area contributed by atoms with Gasteiger partial charge in [0.25, 0.3) is 0 Å². The second kappa shape index (κ2) is 7.21. The molecule has 1 unspecified atom stereocenters. The fourth-order valence-corrected chi connectivity index (χ4v) is 3.26. The lowest BCUT2D eigenvalue weighted by molar-refractivity contribution is 0.302. The Morgan fingerprint density at radius 1 is 1.25 bits per heavy atom. The van der Waals surface area contributed by atoms with Gasteiger partial charge in [-0.1, -0.05) is 32.3 Å². The molecule has 1 aliphatic rings. The lowest BCUT2D eigenvalue weighted by Gasteiger charge is -2.25. The quantitative estimate of drug-likeness (QED) is 0.863. The van der Waals surface area contributed by atoms with Crippen LogP contribution in [0.2, 0.25) is 0 Å². The molecule has 0 spiro atoms. The summed E-state index contributed by atoms with van der Waals surface area (Å²) >= 11 is 0. The van der Waals surface area contributed by atoms with Crippen molar-refractivity contribution in [2.24, 2.45) is 17.6 Å². The summed E-state index contributed by atoms with van der Waals surface area (Å²) in [6.07, 6.45) is 8.02. The van der Waals surface area contributed by atoms with Gasteiger partial charge >= 0.3 is 0 Å². The van der Waals surface area contributed by atoms with E-state index in [0.717, 1.165) is 18.2 Å². The minimum absolute atomic E-state index is 0.124. The third kappa shape index (κ3) is 4.30. The lowest BCUT2D eigenvalue weighted by Crippen LogP contribution is -2.24. The molecular weight excluding hydrogens is 250 g/mol. The van der Waals surface area contributed by atoms with Crippen molar-refractivity contribution in [2.75, 3.05) is 0 Å². The Labute approximate surface area is 122 Å². The maximum absolute atomic E-state index is 6.10. The van der Waals surface area contributed by atoms with E-state index >= 15 is 0 Å². The Hall–Kier alpha value is -0.900. The third-order valence-electron chi connectivity index (χ3n) is 4.48. The first-order valence-corrected chi connectivity index (χ1v) is 8.16. The Morgan fingerprint density at radius 2 is 1.95 bits per heavy atom. The van der Waals surface area contributed by atoms with Gasteiger partial charge in [0.15, 0.2) is 5.82 Å². The molecule has 0 amide bonds. The highest BCUT2D eigenvalue weighted by Gasteiger charge is 2.25. The molecule has 1 saturated carbocycles. The van der Waals surface area contributed by atoms with E-state index in [9.17, 15) is 0 Å². The third-order valence-corrected chi connectivity index (χ3v) is 4.48. The molecule has 0 radical (unpaired) electrons. The van der Waals surface area contributed by atoms with Gasteiger partial charge in [0, 0.05) is 18.4 Å². The molecular formula is C16H29N3O. The number of hydrogen-bond acceptors (Lipinski definition) is 4. The second-order valence-corrected chi connectivity index (χ2v) is 6.77. The predicted molar refractivity (Wildman–Crippen MR) is 80.4 cm³/mol. The summed E-state index contributed by atoms with van der Waals surface area (Å²) in [5, 5.41) is 4.18. The molecule has 1 aromatic heterocycles. The molecule has 1 atom stereocenters. The number of nitrogens with zero attached hydrogens (tertiary/aromatic N) is 2. The van der Waals surface area contributed by atoms with Gasteiger partial charge in [-0.3, -0.25) is 0 Å². The van der Waals surface area contributed by atoms with Crippen LogP contribution in [-0.4, -0.2) is 16.2 Å². The molecule has 0 aliphatic heterocycles. The van der Waals surface area contributed by atoms with Gasteiger partial charge in [0.1, 0.15) is 0 Å². The van der Waals surface area contributed by atoms with Crippen molar-refractivity contribution in [3.63, 3.8) is 0 Å². The van der Waals surface area contributed by atoms with Crippen molar-refractivity contribution in [3.05, 3.63) is 11.7 Å². The van der Waals surface area contributed by atoms with Crippen LogP contribution in [0.15, 0.2) is 4.52 Å². The van der Waals surface area contributed by atoms with Gasteiger partial charge < -0.3 is 10.3 Å². The Morgan fingerprint density at radius 3 is 2.55 bits per heavy atom. The zero-order chi connectivity index (χ0) is 14.5. The van der Waals surface area contributed by atoms with E-state index in [1.807, 2.05) is 0 Å². The van der Waals surface area contributed by atoms with Gasteiger partial charge in [-0.15, -0.1) is 0 Å². The summed E-state index contributed by atoms with van der Waals surface area (Å²) in [5.41, 5.74) is 6.10. The van der Waals surface area contributed by atoms with Crippen LogP contribution in [0.5, 0.6) is 0 Å². The van der Waals surface area contributed by atoms with Crippen LogP contribution in [0.25, 0.3) is 0 Å². The maximum atomic E-state index is 6.10. The molecule has 4 heteroatoms. The van der Waals surface area contributed by atoms with Crippen LogP contribution in [-0.2, 0) is 6.42 Å². The van der Waals surface area contributed by atoms with E-state index < -0.39 is 0 Å². The molecule has 2 N–H and O–H groups in total. The standard InChI is InChI=1S/C16H29N3O/c1-4-12-5-7-13(8-6-12)16-18-15(20-19-16)10-14(17)9-11(2)3/h11-14H,4-10,17H2,1-3H3. The fraction of sp³-hybridized carbons (Fsp3) is 0.875. The van der Waals surface area contributed by atoms with Crippen molar-refractivity contribution in [1.29, 1.82) is 0 Å². The van der Waals surface area contributed by atoms with Crippen molar-refractivity contribution in [2.45, 2.75) is 77.7 Å². The number of aromatic nitrogens is 2. The average molecular weight is 279 g/mol. The first-order valence-electron chi connectivity index (χ1n) is 8.16. The molecule has 0 aromatic carbocycles. The van der Waals surface area contributed by atoms with E-state index in [1.165, 1.54) is 32.1 Å². The zero-order valence-electron chi connectivity index (χ0n) is 13.1. The van der Waals surface area contributed by atoms with Crippen LogP contribution in [0, 0.1) is 11.8 Å². The van der Waals surface area contributed by atoms with Gasteiger partial charge in [-0.05, 0) is 43.9 Å². The fourth-order valence-electron chi connectivity index (χ4n) is 3.26. The molecule has 1 fully saturated rings. The maximum Gasteiger partial charge on any atom is 0.228 e. The van der Waals surface area contributed by atoms with E-state index in [-0.39, 0.29) is 6.04 Å². The monoisotopic (exact) mass is 279 g/mol. The molecule has 1 aromatic rings. The predicted octanol–water partition coefficient (Wildman–Crippen LogP) is 3.67. The van der Waals surface area contributed by atoms with Crippen LogP contribution in [0.3, 0.4) is 0 Å². The van der Waals surface area contributed by atoms with Gasteiger partial charge in [-0.25, -0.2) is 0 Å². The lowest BCUT2D eigenvalue weighted by atomic mass is 9.80. The van der Waals surface area contributed by atoms with E-state index in [4.69, 9.17) is 10.3 Å². The first-order chi connectivity index (χ1) is 9.58. The highest BCUT2D eigenvalue weighted by molar-refractivity contribution is 4.98. The topological polar surface area (TPSA) is 64.9 Å². The van der Waals surface area contributed by atoms with Gasteiger partial charge in [0.05, 0.1) is 0 Å². The molecule has 1 aliphatic carbocycles. The van der Waals surface area contributed by atoms with Gasteiger partial charge in [-0.2, -0.15) is 4.98 Å². The Balaban J connectivity index is 1.86. The summed E-state index contributed by atoms with van der Waals surface area (Å²) in [5.74, 6) is 3.63. The van der Waals surface area contributed by atoms with E-state index in [0.29, 0.717) is 24.1 Å². The molecule has 20 heavy (non-hydrogen) atoms. The Bertz CT molecular complexity index is 394. The molecule has 2 rings (SSSR count). The molecule has 0 saturated heterocycles. The van der Waals surface area contributed by atoms with Crippen molar-refractivity contribution in [3.8, 4) is 0 Å². The van der Waals surface area contributed by atoms with E-state index in [2.05, 4.69) is 30.9 Å². The molecule has 1 heterocycles. The largest absolute Gasteiger partial charge is 0.339 e. The highest BCUT2D eigenvalue weighted by Crippen LogP contribution is 2.35. The van der Waals surface area contributed by atoms with Crippen LogP contribution < -0.4 is 5.73 Å². The van der Waals surface area contributed by atoms with Gasteiger partial charge in [0.2, 0.25) is 5.89 Å². The van der Waals surface area contributed by atoms with Crippen molar-refractivity contribution < 1.29 is 4.52 Å². The number of rotatable bonds is 6. The summed E-state index contributed by atoms with van der Waals surface area (Å²) in [7, 11) is 0. The zero-order valence-corrected chi connectivity index (χ0v) is 13.1. The summed E-state index contributed by atoms with van der Waals surface area (Å²) in [4.78, 5) is 4.57. The number of hydrogen-bond donors (Lipinski definition) is 1. The SMILES string of the molecule is CCC1CCC(c2noc(CC(N)CC(C)C)n2)CC1. The number of nitrogens with two attached hydrogens (primary N) is 1. The normalized spacial score (nSPS) is 25.1. The summed E-state index contributed by atoms with van der Waals surface area (Å²) in [6.45, 7) is 6.66. The van der Waals surface area contributed by atoms with Crippen molar-refractivity contribution >= 4 is 0 Å². The minimum Gasteiger partial charge on any atom is -0.339 e. The first kappa shape index (κ1) is 15.5. The average Bonchev–Trinajstić information content (AvgIpc) is 2.86. The molecule has 114 valence electrons. The second-order valence-electron chi connectivity index (χ2n) is 6.77. The van der Waals surface area contributed by atoms with Crippen molar-refractivity contribution in [1.82, 2.24) is 10.1 Å². The Kier molecular flexibility index (Phi) is 5.58. The van der Waals surface area contributed by atoms with E-state index in [1.54, 1.807) is 0 Å². The van der Waals surface area contributed by atoms with Crippen LogP contribution in [0.4, 0.5) is 0 Å². The van der Waals surface area contributed by atoms with Crippen LogP contribution >= 0.6 is 0 Å². The van der Waals surface area contributed by atoms with Crippen LogP contribution in [0.1, 0.15) is 76.9 Å².